The number of benzene rings is 3. The van der Waals surface area contributed by atoms with Crippen LogP contribution in [-0.2, 0) is 0 Å². The molecule has 39 heavy (non-hydrogen) atoms. The van der Waals surface area contributed by atoms with E-state index >= 15 is 0 Å². The summed E-state index contributed by atoms with van der Waals surface area (Å²) in [6.45, 7) is 6.50. The number of rotatable bonds is 9. The molecule has 198 valence electrons. The van der Waals surface area contributed by atoms with Crippen molar-refractivity contribution in [3.05, 3.63) is 83.9 Å². The largest absolute Gasteiger partial charge is 0.363 e. The Bertz CT molecular complexity index is 1620. The van der Waals surface area contributed by atoms with E-state index in [1.165, 1.54) is 48.0 Å². The lowest BCUT2D eigenvalue weighted by Crippen LogP contribution is -2.83. The monoisotopic (exact) mass is 555 g/mol. The fraction of sp³-hybridized carbons (Fsp3) is 0.207. The Morgan fingerprint density at radius 3 is 2.51 bits per heavy atom. The van der Waals surface area contributed by atoms with E-state index in [1.807, 2.05) is 48.7 Å². The van der Waals surface area contributed by atoms with Crippen LogP contribution in [0.2, 0.25) is 0 Å². The minimum atomic E-state index is 0.825. The number of hydrazine groups is 1. The van der Waals surface area contributed by atoms with Gasteiger partial charge in [-0.25, -0.2) is 10.9 Å². The number of nitrogens with zero attached hydrogens (tertiary/aromatic N) is 4. The summed E-state index contributed by atoms with van der Waals surface area (Å²) in [7, 11) is 0. The molecule has 3 aromatic carbocycles. The Hall–Kier alpha value is -3.99. The first-order valence-electron chi connectivity index (χ1n) is 13.1. The summed E-state index contributed by atoms with van der Waals surface area (Å²) in [6, 6.07) is 24.8. The SMILES string of the molecule is Cc1cc(N[NH2+]c2ccc(NNc3ccc(N4CCCC4)s3)cc2C)ccc1N=Nc1snc2ccccc12. The molecule has 5 aromatic rings. The van der Waals surface area contributed by atoms with Crippen molar-refractivity contribution in [2.75, 3.05) is 34.3 Å². The maximum absolute atomic E-state index is 4.49. The van der Waals surface area contributed by atoms with Crippen LogP contribution in [0.4, 0.5) is 37.8 Å². The summed E-state index contributed by atoms with van der Waals surface area (Å²) in [6.07, 6.45) is 2.58. The van der Waals surface area contributed by atoms with Gasteiger partial charge in [-0.2, -0.15) is 4.37 Å². The number of azo groups is 1. The molecule has 0 amide bonds. The summed E-state index contributed by atoms with van der Waals surface area (Å²) in [5.41, 5.74) is 19.3. The highest BCUT2D eigenvalue weighted by molar-refractivity contribution is 7.20. The Balaban J connectivity index is 1.04. The average Bonchev–Trinajstić information content (AvgIpc) is 3.72. The summed E-state index contributed by atoms with van der Waals surface area (Å²) in [4.78, 5) is 2.46. The molecule has 3 heterocycles. The summed E-state index contributed by atoms with van der Waals surface area (Å²) in [5, 5.41) is 13.3. The van der Waals surface area contributed by atoms with Crippen LogP contribution in [0.25, 0.3) is 10.9 Å². The van der Waals surface area contributed by atoms with Gasteiger partial charge in [0.05, 0.1) is 27.6 Å². The van der Waals surface area contributed by atoms with Crippen LogP contribution < -0.4 is 26.6 Å². The van der Waals surface area contributed by atoms with Gasteiger partial charge < -0.3 is 10.3 Å². The molecule has 10 heteroatoms. The number of fused-ring (bicyclic) bond motifs is 1. The number of aromatic nitrogens is 1. The molecule has 1 aliphatic heterocycles. The molecule has 1 saturated heterocycles. The predicted octanol–water partition coefficient (Wildman–Crippen LogP) is 7.65. The van der Waals surface area contributed by atoms with Crippen molar-refractivity contribution in [1.82, 2.24) is 4.37 Å². The van der Waals surface area contributed by atoms with Gasteiger partial charge in [0.1, 0.15) is 5.00 Å². The highest BCUT2D eigenvalue weighted by atomic mass is 32.1. The minimum absolute atomic E-state index is 0.825. The van der Waals surface area contributed by atoms with Crippen LogP contribution in [0.15, 0.2) is 83.0 Å². The van der Waals surface area contributed by atoms with E-state index in [1.54, 1.807) is 11.3 Å². The first-order valence-corrected chi connectivity index (χ1v) is 14.7. The fourth-order valence-corrected chi connectivity index (χ4v) is 6.22. The van der Waals surface area contributed by atoms with Gasteiger partial charge in [0, 0.05) is 30.1 Å². The lowest BCUT2D eigenvalue weighted by atomic mass is 10.2. The van der Waals surface area contributed by atoms with Crippen molar-refractivity contribution in [2.45, 2.75) is 26.7 Å². The lowest BCUT2D eigenvalue weighted by molar-refractivity contribution is -0.538. The predicted molar refractivity (Wildman–Crippen MR) is 164 cm³/mol. The molecule has 0 radical (unpaired) electrons. The number of hydrogen-bond donors (Lipinski definition) is 4. The molecule has 1 aliphatic rings. The second-order valence-electron chi connectivity index (χ2n) is 9.65. The van der Waals surface area contributed by atoms with Gasteiger partial charge in [-0.15, -0.1) is 10.2 Å². The zero-order valence-corrected chi connectivity index (χ0v) is 23.6. The number of quaternary nitrogens is 1. The maximum atomic E-state index is 4.49. The van der Waals surface area contributed by atoms with E-state index in [0.717, 1.165) is 49.2 Å². The van der Waals surface area contributed by atoms with E-state index in [2.05, 4.69) is 79.1 Å². The van der Waals surface area contributed by atoms with Gasteiger partial charge in [-0.05, 0) is 98.4 Å². The van der Waals surface area contributed by atoms with E-state index in [0.29, 0.717) is 0 Å². The number of nitrogens with two attached hydrogens (primary N) is 1. The molecule has 6 rings (SSSR count). The normalized spacial score (nSPS) is 13.4. The van der Waals surface area contributed by atoms with Gasteiger partial charge in [0.25, 0.3) is 0 Å². The second kappa shape index (κ2) is 11.4. The number of nitrogen functional groups attached to an aromatic ring is 1. The van der Waals surface area contributed by atoms with E-state index in [-0.39, 0.29) is 0 Å². The third-order valence-electron chi connectivity index (χ3n) is 6.81. The third kappa shape index (κ3) is 5.88. The van der Waals surface area contributed by atoms with Gasteiger partial charge in [-0.3, -0.25) is 5.43 Å². The molecule has 1 fully saturated rings. The second-order valence-corrected chi connectivity index (χ2v) is 11.5. The smallest absolute Gasteiger partial charge is 0.166 e. The Kier molecular flexibility index (Phi) is 7.40. The molecular formula is C29H31N8S2+. The Morgan fingerprint density at radius 2 is 1.67 bits per heavy atom. The van der Waals surface area contributed by atoms with Crippen LogP contribution in [0.3, 0.4) is 0 Å². The van der Waals surface area contributed by atoms with Crippen molar-refractivity contribution in [2.24, 2.45) is 10.2 Å². The number of hydrogen-bond acceptors (Lipinski definition) is 9. The first-order chi connectivity index (χ1) is 19.1. The van der Waals surface area contributed by atoms with Crippen LogP contribution >= 0.6 is 22.9 Å². The molecule has 0 spiro atoms. The minimum Gasteiger partial charge on any atom is -0.363 e. The maximum Gasteiger partial charge on any atom is 0.166 e. The van der Waals surface area contributed by atoms with Gasteiger partial charge >= 0.3 is 0 Å². The first kappa shape index (κ1) is 25.3. The van der Waals surface area contributed by atoms with Gasteiger partial charge in [0.15, 0.2) is 10.7 Å². The summed E-state index contributed by atoms with van der Waals surface area (Å²) in [5.74, 6) is 0. The standard InChI is InChI=1S/C29H30N8S2/c1-19-18-22(31-34-27-13-14-28(38-27)37-15-5-6-16-37)10-11-24(19)32-30-21-9-12-25(20(2)17-21)33-35-29-23-7-3-4-8-26(23)36-39-29/h3-4,7-14,17-18,30-32,34H,5-6,15-16H2,1-2H3/p+1. The average molecular weight is 556 g/mol. The molecule has 2 aromatic heterocycles. The topological polar surface area (TPSA) is 93.6 Å². The van der Waals surface area contributed by atoms with Crippen LogP contribution in [0.1, 0.15) is 24.0 Å². The van der Waals surface area contributed by atoms with Crippen LogP contribution in [0.5, 0.6) is 0 Å². The molecule has 5 N–H and O–H groups in total. The van der Waals surface area contributed by atoms with Crippen LogP contribution in [0, 0.1) is 13.8 Å². The molecule has 8 nitrogen and oxygen atoms in total. The third-order valence-corrected chi connectivity index (χ3v) is 8.64. The zero-order chi connectivity index (χ0) is 26.6. The Labute approximate surface area is 235 Å². The van der Waals surface area contributed by atoms with Crippen LogP contribution in [-0.4, -0.2) is 17.5 Å². The number of aryl methyl sites for hydroxylation is 2. The molecule has 0 aliphatic carbocycles. The molecule has 0 saturated carbocycles. The van der Waals surface area contributed by atoms with E-state index in [4.69, 9.17) is 0 Å². The lowest BCUT2D eigenvalue weighted by Gasteiger charge is -2.14. The van der Waals surface area contributed by atoms with Crippen molar-refractivity contribution >= 4 is 71.5 Å². The van der Waals surface area contributed by atoms with E-state index < -0.39 is 0 Å². The highest BCUT2D eigenvalue weighted by Gasteiger charge is 2.14. The quantitative estimate of drug-likeness (QED) is 0.0649. The van der Waals surface area contributed by atoms with Crippen molar-refractivity contribution in [1.29, 1.82) is 0 Å². The fourth-order valence-electron chi connectivity index (χ4n) is 4.62. The molecule has 0 atom stereocenters. The van der Waals surface area contributed by atoms with Gasteiger partial charge in [-0.1, -0.05) is 23.5 Å². The van der Waals surface area contributed by atoms with Gasteiger partial charge in [0.2, 0.25) is 0 Å². The van der Waals surface area contributed by atoms with E-state index in [9.17, 15) is 0 Å². The molecule has 0 unspecified atom stereocenters. The summed E-state index contributed by atoms with van der Waals surface area (Å²) < 4.78 is 4.44. The Morgan fingerprint density at radius 1 is 0.846 bits per heavy atom. The highest BCUT2D eigenvalue weighted by Crippen LogP contribution is 2.33. The summed E-state index contributed by atoms with van der Waals surface area (Å²) >= 11 is 3.16. The van der Waals surface area contributed by atoms with Crippen molar-refractivity contribution in [3.8, 4) is 0 Å². The molecular weight excluding hydrogens is 525 g/mol. The van der Waals surface area contributed by atoms with Crippen molar-refractivity contribution in [3.63, 3.8) is 0 Å². The number of nitrogens with one attached hydrogen (secondary N) is 3. The number of anilines is 4. The number of thiophene rings is 1. The molecule has 0 bridgehead atoms. The zero-order valence-electron chi connectivity index (χ0n) is 21.9. The van der Waals surface area contributed by atoms with Crippen molar-refractivity contribution < 1.29 is 5.43 Å².